The molecular formula is C12H12F3N3O. The molecular weight excluding hydrogens is 259 g/mol. The van der Waals surface area contributed by atoms with Crippen LogP contribution >= 0.6 is 0 Å². The molecule has 2 N–H and O–H groups in total. The quantitative estimate of drug-likeness (QED) is 0.932. The van der Waals surface area contributed by atoms with E-state index >= 15 is 0 Å². The summed E-state index contributed by atoms with van der Waals surface area (Å²) in [6, 6.07) is 4.60. The van der Waals surface area contributed by atoms with Crippen LogP contribution < -0.4 is 5.73 Å². The smallest absolute Gasteiger partial charge is 0.334 e. The van der Waals surface area contributed by atoms with Crippen molar-refractivity contribution in [1.29, 1.82) is 0 Å². The normalized spacial score (nSPS) is 13.5. The molecule has 7 heteroatoms. The van der Waals surface area contributed by atoms with Crippen molar-refractivity contribution < 1.29 is 17.7 Å². The maximum atomic E-state index is 12.6. The van der Waals surface area contributed by atoms with E-state index < -0.39 is 11.7 Å². The predicted octanol–water partition coefficient (Wildman–Crippen LogP) is 2.65. The third-order valence-corrected chi connectivity index (χ3v) is 2.41. The van der Waals surface area contributed by atoms with Crippen molar-refractivity contribution in [2.45, 2.75) is 25.6 Å². The van der Waals surface area contributed by atoms with Gasteiger partial charge >= 0.3 is 6.18 Å². The molecule has 2 rings (SSSR count). The van der Waals surface area contributed by atoms with Gasteiger partial charge in [0, 0.05) is 18.0 Å². The lowest BCUT2D eigenvalue weighted by Crippen LogP contribution is -2.18. The average Bonchev–Trinajstić information content (AvgIpc) is 2.76. The third kappa shape index (κ3) is 3.31. The standard InChI is InChI=1S/C12H12F3N3O/c1-7(16)5-10-17-11(19-18-10)8-3-2-4-9(6-8)12(13,14)15/h2-4,6-7H,5,16H2,1H3. The Kier molecular flexibility index (Phi) is 3.57. The van der Waals surface area contributed by atoms with Crippen LogP contribution in [0.3, 0.4) is 0 Å². The lowest BCUT2D eigenvalue weighted by Gasteiger charge is -2.06. The summed E-state index contributed by atoms with van der Waals surface area (Å²) in [5, 5.41) is 3.68. The van der Waals surface area contributed by atoms with E-state index in [0.29, 0.717) is 12.2 Å². The fourth-order valence-corrected chi connectivity index (χ4v) is 1.57. The summed E-state index contributed by atoms with van der Waals surface area (Å²) < 4.78 is 42.7. The van der Waals surface area contributed by atoms with Crippen LogP contribution in [0.2, 0.25) is 0 Å². The number of benzene rings is 1. The summed E-state index contributed by atoms with van der Waals surface area (Å²) in [5.41, 5.74) is 5.06. The number of halogens is 3. The average molecular weight is 271 g/mol. The summed E-state index contributed by atoms with van der Waals surface area (Å²) in [4.78, 5) is 4.02. The van der Waals surface area contributed by atoms with Gasteiger partial charge in [0.1, 0.15) is 0 Å². The number of nitrogens with zero attached hydrogens (tertiary/aromatic N) is 2. The lowest BCUT2D eigenvalue weighted by molar-refractivity contribution is -0.137. The Morgan fingerprint density at radius 2 is 2.11 bits per heavy atom. The summed E-state index contributed by atoms with van der Waals surface area (Å²) >= 11 is 0. The molecule has 0 radical (unpaired) electrons. The van der Waals surface area contributed by atoms with E-state index in [2.05, 4.69) is 10.1 Å². The first-order chi connectivity index (χ1) is 8.86. The summed E-state index contributed by atoms with van der Waals surface area (Å²) in [6.45, 7) is 1.78. The summed E-state index contributed by atoms with van der Waals surface area (Å²) in [6.07, 6.45) is -3.99. The van der Waals surface area contributed by atoms with E-state index in [1.807, 2.05) is 0 Å². The molecule has 0 saturated carbocycles. The fourth-order valence-electron chi connectivity index (χ4n) is 1.57. The molecule has 1 aromatic heterocycles. The highest BCUT2D eigenvalue weighted by molar-refractivity contribution is 5.54. The molecule has 2 aromatic rings. The van der Waals surface area contributed by atoms with Crippen LogP contribution in [-0.2, 0) is 12.6 Å². The molecule has 0 amide bonds. The molecule has 0 fully saturated rings. The number of hydrogen-bond donors (Lipinski definition) is 1. The molecule has 0 aliphatic heterocycles. The second-order valence-corrected chi connectivity index (χ2v) is 4.28. The molecule has 1 unspecified atom stereocenters. The van der Waals surface area contributed by atoms with Gasteiger partial charge in [-0.1, -0.05) is 11.2 Å². The number of alkyl halides is 3. The highest BCUT2D eigenvalue weighted by Crippen LogP contribution is 2.31. The summed E-state index contributed by atoms with van der Waals surface area (Å²) in [7, 11) is 0. The van der Waals surface area contributed by atoms with Crippen LogP contribution in [0.15, 0.2) is 28.8 Å². The minimum atomic E-state index is -4.40. The SMILES string of the molecule is CC(N)Cc1noc(-c2cccc(C(F)(F)F)c2)n1. The zero-order chi connectivity index (χ0) is 14.0. The van der Waals surface area contributed by atoms with Crippen LogP contribution in [0.25, 0.3) is 11.5 Å². The molecule has 1 atom stereocenters. The van der Waals surface area contributed by atoms with Gasteiger partial charge in [-0.15, -0.1) is 0 Å². The maximum absolute atomic E-state index is 12.6. The second-order valence-electron chi connectivity index (χ2n) is 4.28. The Morgan fingerprint density at radius 3 is 2.74 bits per heavy atom. The van der Waals surface area contributed by atoms with E-state index in [-0.39, 0.29) is 17.5 Å². The van der Waals surface area contributed by atoms with Gasteiger partial charge in [-0.3, -0.25) is 0 Å². The Hall–Kier alpha value is -1.89. The lowest BCUT2D eigenvalue weighted by atomic mass is 10.1. The van der Waals surface area contributed by atoms with Crippen LogP contribution in [0, 0.1) is 0 Å². The Balaban J connectivity index is 2.29. The van der Waals surface area contributed by atoms with Crippen molar-refractivity contribution in [2.75, 3.05) is 0 Å². The van der Waals surface area contributed by atoms with E-state index in [9.17, 15) is 13.2 Å². The zero-order valence-electron chi connectivity index (χ0n) is 10.1. The topological polar surface area (TPSA) is 64.9 Å². The number of hydrogen-bond acceptors (Lipinski definition) is 4. The van der Waals surface area contributed by atoms with Gasteiger partial charge in [-0.25, -0.2) is 0 Å². The maximum Gasteiger partial charge on any atom is 0.416 e. The van der Waals surface area contributed by atoms with Crippen molar-refractivity contribution in [3.63, 3.8) is 0 Å². The van der Waals surface area contributed by atoms with Gasteiger partial charge in [0.05, 0.1) is 5.56 Å². The molecule has 0 spiro atoms. The monoisotopic (exact) mass is 271 g/mol. The molecule has 0 saturated heterocycles. The molecule has 1 heterocycles. The molecule has 0 aliphatic rings. The highest BCUT2D eigenvalue weighted by atomic mass is 19.4. The minimum Gasteiger partial charge on any atom is -0.334 e. The second kappa shape index (κ2) is 5.00. The van der Waals surface area contributed by atoms with Crippen LogP contribution in [0.1, 0.15) is 18.3 Å². The Morgan fingerprint density at radius 1 is 1.37 bits per heavy atom. The van der Waals surface area contributed by atoms with E-state index in [1.54, 1.807) is 6.92 Å². The number of nitrogens with two attached hydrogens (primary N) is 1. The van der Waals surface area contributed by atoms with E-state index in [1.165, 1.54) is 12.1 Å². The van der Waals surface area contributed by atoms with Gasteiger partial charge in [-0.2, -0.15) is 18.2 Å². The van der Waals surface area contributed by atoms with Gasteiger partial charge in [0.25, 0.3) is 5.89 Å². The first kappa shape index (κ1) is 13.5. The summed E-state index contributed by atoms with van der Waals surface area (Å²) in [5.74, 6) is 0.434. The van der Waals surface area contributed by atoms with E-state index in [4.69, 9.17) is 10.3 Å². The number of rotatable bonds is 3. The molecule has 4 nitrogen and oxygen atoms in total. The zero-order valence-corrected chi connectivity index (χ0v) is 10.1. The molecule has 102 valence electrons. The molecule has 1 aromatic carbocycles. The third-order valence-electron chi connectivity index (χ3n) is 2.41. The van der Waals surface area contributed by atoms with Crippen molar-refractivity contribution in [2.24, 2.45) is 5.73 Å². The van der Waals surface area contributed by atoms with E-state index in [0.717, 1.165) is 12.1 Å². The van der Waals surface area contributed by atoms with Gasteiger partial charge < -0.3 is 10.3 Å². The van der Waals surface area contributed by atoms with Crippen molar-refractivity contribution in [1.82, 2.24) is 10.1 Å². The fraction of sp³-hybridized carbons (Fsp3) is 0.333. The molecule has 0 aliphatic carbocycles. The predicted molar refractivity (Wildman–Crippen MR) is 62.1 cm³/mol. The highest BCUT2D eigenvalue weighted by Gasteiger charge is 2.30. The van der Waals surface area contributed by atoms with Gasteiger partial charge in [0.2, 0.25) is 0 Å². The molecule has 19 heavy (non-hydrogen) atoms. The first-order valence-electron chi connectivity index (χ1n) is 5.62. The first-order valence-corrected chi connectivity index (χ1v) is 5.62. The van der Waals surface area contributed by atoms with Crippen LogP contribution in [0.4, 0.5) is 13.2 Å². The Bertz CT molecular complexity index is 563. The number of aromatic nitrogens is 2. The minimum absolute atomic E-state index is 0.0572. The van der Waals surface area contributed by atoms with Gasteiger partial charge in [-0.05, 0) is 25.1 Å². The van der Waals surface area contributed by atoms with Crippen molar-refractivity contribution in [3.8, 4) is 11.5 Å². The van der Waals surface area contributed by atoms with Crippen molar-refractivity contribution >= 4 is 0 Å². The largest absolute Gasteiger partial charge is 0.416 e. The van der Waals surface area contributed by atoms with Gasteiger partial charge in [0.15, 0.2) is 5.82 Å². The van der Waals surface area contributed by atoms with Crippen LogP contribution in [-0.4, -0.2) is 16.2 Å². The molecule has 0 bridgehead atoms. The van der Waals surface area contributed by atoms with Crippen LogP contribution in [0.5, 0.6) is 0 Å². The van der Waals surface area contributed by atoms with Crippen molar-refractivity contribution in [3.05, 3.63) is 35.7 Å². The Labute approximate surface area is 107 Å².